The number of aliphatic hydroxyl groups is 1. The maximum absolute atomic E-state index is 13.0. The number of carbonyl (C=O) groups excluding carboxylic acids is 2. The predicted molar refractivity (Wildman–Crippen MR) is 119 cm³/mol. The third-order valence-electron chi connectivity index (χ3n) is 5.32. The molecule has 0 aliphatic carbocycles. The Morgan fingerprint density at radius 3 is 2.17 bits per heavy atom. The molecule has 0 spiro atoms. The maximum atomic E-state index is 13.0. The predicted octanol–water partition coefficient (Wildman–Crippen LogP) is 3.13. The normalized spacial score (nSPS) is 18.3. The van der Waals surface area contributed by atoms with E-state index in [-0.39, 0.29) is 11.3 Å². The fraction of sp³-hybridized carbons (Fsp3) is 0.333. The number of nitrogens with zero attached hydrogens (tertiary/aromatic N) is 3. The smallest absolute Gasteiger partial charge is 0.295 e. The van der Waals surface area contributed by atoms with E-state index in [0.29, 0.717) is 12.1 Å². The fourth-order valence-electron chi connectivity index (χ4n) is 3.72. The number of hydrogen-bond donors (Lipinski definition) is 1. The molecule has 0 bridgehead atoms. The molecule has 2 aromatic carbocycles. The topological polar surface area (TPSA) is 64.1 Å². The van der Waals surface area contributed by atoms with Crippen LogP contribution < -0.4 is 4.90 Å². The van der Waals surface area contributed by atoms with E-state index in [0.717, 1.165) is 24.2 Å². The third kappa shape index (κ3) is 4.39. The summed E-state index contributed by atoms with van der Waals surface area (Å²) in [6.45, 7) is 1.24. The van der Waals surface area contributed by atoms with E-state index in [1.54, 1.807) is 29.2 Å². The number of aliphatic hydroxyl groups excluding tert-OH is 1. The molecule has 0 radical (unpaired) electrons. The molecule has 3 rings (SSSR count). The number of Topliss-reactive ketones (excluding diaryl/α,β-unsaturated/α-hetero) is 1. The number of benzene rings is 2. The first kappa shape index (κ1) is 21.6. The highest BCUT2D eigenvalue weighted by Crippen LogP contribution is 2.39. The van der Waals surface area contributed by atoms with E-state index >= 15 is 0 Å². The van der Waals surface area contributed by atoms with Crippen LogP contribution in [0.15, 0.2) is 60.2 Å². The minimum Gasteiger partial charge on any atom is -0.507 e. The van der Waals surface area contributed by atoms with E-state index in [1.165, 1.54) is 0 Å². The van der Waals surface area contributed by atoms with Gasteiger partial charge in [0.2, 0.25) is 0 Å². The zero-order valence-electron chi connectivity index (χ0n) is 18.0. The average Bonchev–Trinajstić information content (AvgIpc) is 2.98. The Kier molecular flexibility index (Phi) is 6.57. The fourth-order valence-corrected chi connectivity index (χ4v) is 3.72. The second-order valence-corrected chi connectivity index (χ2v) is 8.00. The van der Waals surface area contributed by atoms with Crippen molar-refractivity contribution in [3.8, 4) is 0 Å². The molecule has 1 heterocycles. The van der Waals surface area contributed by atoms with Gasteiger partial charge in [0.15, 0.2) is 0 Å². The molecule has 1 N–H and O–H groups in total. The summed E-state index contributed by atoms with van der Waals surface area (Å²) < 4.78 is 0. The average molecular weight is 408 g/mol. The van der Waals surface area contributed by atoms with Gasteiger partial charge < -0.3 is 19.8 Å². The van der Waals surface area contributed by atoms with Crippen molar-refractivity contribution in [1.82, 2.24) is 9.80 Å². The van der Waals surface area contributed by atoms with Crippen LogP contribution in [0.25, 0.3) is 5.76 Å². The van der Waals surface area contributed by atoms with Crippen molar-refractivity contribution in [3.63, 3.8) is 0 Å². The quantitative estimate of drug-likeness (QED) is 0.434. The molecule has 2 aromatic rings. The number of likely N-dealkylation sites (tertiary alicyclic amines) is 1. The van der Waals surface area contributed by atoms with Crippen LogP contribution in [0, 0.1) is 0 Å². The molecule has 158 valence electrons. The molecule has 0 saturated carbocycles. The molecule has 1 aliphatic heterocycles. The van der Waals surface area contributed by atoms with Crippen LogP contribution >= 0.6 is 0 Å². The Bertz CT molecular complexity index is 934. The molecule has 1 aliphatic rings. The van der Waals surface area contributed by atoms with Gasteiger partial charge >= 0.3 is 0 Å². The number of carbonyl (C=O) groups is 2. The van der Waals surface area contributed by atoms with Crippen molar-refractivity contribution in [2.75, 3.05) is 46.2 Å². The summed E-state index contributed by atoms with van der Waals surface area (Å²) in [5.41, 5.74) is 2.50. The van der Waals surface area contributed by atoms with Crippen molar-refractivity contribution in [3.05, 3.63) is 71.3 Å². The van der Waals surface area contributed by atoms with Gasteiger partial charge in [-0.1, -0.05) is 42.5 Å². The van der Waals surface area contributed by atoms with Crippen LogP contribution in [0.3, 0.4) is 0 Å². The number of rotatable bonds is 7. The first-order valence-corrected chi connectivity index (χ1v) is 10.1. The van der Waals surface area contributed by atoms with Crippen molar-refractivity contribution >= 4 is 23.1 Å². The zero-order valence-corrected chi connectivity index (χ0v) is 18.0. The molecule has 1 saturated heterocycles. The molecule has 1 fully saturated rings. The highest BCUT2D eigenvalue weighted by molar-refractivity contribution is 6.46. The maximum Gasteiger partial charge on any atom is 0.295 e. The van der Waals surface area contributed by atoms with Crippen molar-refractivity contribution < 1.29 is 14.7 Å². The van der Waals surface area contributed by atoms with Gasteiger partial charge in [-0.3, -0.25) is 9.59 Å². The molecule has 30 heavy (non-hydrogen) atoms. The standard InChI is InChI=1S/C24H29N3O3/c1-25(2)15-8-16-27-21(17-11-13-19(14-12-17)26(3)4)20(23(29)24(27)30)22(28)18-9-6-5-7-10-18/h5-7,9-14,21,28H,8,15-16H2,1-4H3/b22-20+/t21-/m1/s1. The van der Waals surface area contributed by atoms with Gasteiger partial charge in [-0.15, -0.1) is 0 Å². The SMILES string of the molecule is CN(C)CCCN1C(=O)C(=O)/C(=C(/O)c2ccccc2)[C@H]1c1ccc(N(C)C)cc1. The van der Waals surface area contributed by atoms with Crippen molar-refractivity contribution in [2.24, 2.45) is 0 Å². The molecular weight excluding hydrogens is 378 g/mol. The van der Waals surface area contributed by atoms with Gasteiger partial charge in [-0.2, -0.15) is 0 Å². The molecule has 6 nitrogen and oxygen atoms in total. The van der Waals surface area contributed by atoms with Crippen molar-refractivity contribution in [1.29, 1.82) is 0 Å². The second kappa shape index (κ2) is 9.13. The summed E-state index contributed by atoms with van der Waals surface area (Å²) in [6.07, 6.45) is 0.734. The van der Waals surface area contributed by atoms with Gasteiger partial charge in [0.25, 0.3) is 11.7 Å². The van der Waals surface area contributed by atoms with Crippen LogP contribution in [-0.4, -0.2) is 67.9 Å². The van der Waals surface area contributed by atoms with E-state index in [2.05, 4.69) is 0 Å². The zero-order chi connectivity index (χ0) is 21.8. The van der Waals surface area contributed by atoms with Crippen LogP contribution in [0.2, 0.25) is 0 Å². The molecule has 1 atom stereocenters. The van der Waals surface area contributed by atoms with Crippen LogP contribution in [-0.2, 0) is 9.59 Å². The lowest BCUT2D eigenvalue weighted by atomic mass is 9.95. The summed E-state index contributed by atoms with van der Waals surface area (Å²) in [5.74, 6) is -1.33. The van der Waals surface area contributed by atoms with Crippen LogP contribution in [0.1, 0.15) is 23.6 Å². The summed E-state index contributed by atoms with van der Waals surface area (Å²) in [7, 11) is 7.86. The van der Waals surface area contributed by atoms with E-state index in [4.69, 9.17) is 0 Å². The molecule has 0 unspecified atom stereocenters. The van der Waals surface area contributed by atoms with E-state index < -0.39 is 17.7 Å². The molecule has 1 amide bonds. The minimum atomic E-state index is -0.636. The molecule has 0 aromatic heterocycles. The highest BCUT2D eigenvalue weighted by atomic mass is 16.3. The summed E-state index contributed by atoms with van der Waals surface area (Å²) in [4.78, 5) is 31.5. The highest BCUT2D eigenvalue weighted by Gasteiger charge is 2.45. The first-order chi connectivity index (χ1) is 14.3. The number of hydrogen-bond acceptors (Lipinski definition) is 5. The van der Waals surface area contributed by atoms with Gasteiger partial charge in [-0.05, 0) is 44.8 Å². The van der Waals surface area contributed by atoms with E-state index in [9.17, 15) is 14.7 Å². The largest absolute Gasteiger partial charge is 0.507 e. The van der Waals surface area contributed by atoms with Gasteiger partial charge in [0.05, 0.1) is 11.6 Å². The minimum absolute atomic E-state index is 0.134. The monoisotopic (exact) mass is 407 g/mol. The first-order valence-electron chi connectivity index (χ1n) is 10.1. The Labute approximate surface area is 178 Å². The van der Waals surface area contributed by atoms with Gasteiger partial charge in [0.1, 0.15) is 5.76 Å². The lowest BCUT2D eigenvalue weighted by Crippen LogP contribution is -2.32. The van der Waals surface area contributed by atoms with Gasteiger partial charge in [-0.25, -0.2) is 0 Å². The van der Waals surface area contributed by atoms with Crippen molar-refractivity contribution in [2.45, 2.75) is 12.5 Å². The Hall–Kier alpha value is -3.12. The molecule has 6 heteroatoms. The summed E-state index contributed by atoms with van der Waals surface area (Å²) in [6, 6.07) is 16.0. The number of ketones is 1. The van der Waals surface area contributed by atoms with Crippen LogP contribution in [0.4, 0.5) is 5.69 Å². The number of amides is 1. The second-order valence-electron chi connectivity index (χ2n) is 8.00. The Morgan fingerprint density at radius 2 is 1.60 bits per heavy atom. The Balaban J connectivity index is 2.07. The summed E-state index contributed by atoms with van der Waals surface area (Å²) in [5, 5.41) is 11.0. The number of anilines is 1. The summed E-state index contributed by atoms with van der Waals surface area (Å²) >= 11 is 0. The lowest BCUT2D eigenvalue weighted by Gasteiger charge is -2.26. The Morgan fingerprint density at radius 1 is 0.967 bits per heavy atom. The lowest BCUT2D eigenvalue weighted by molar-refractivity contribution is -0.139. The third-order valence-corrected chi connectivity index (χ3v) is 5.32. The molecular formula is C24H29N3O3. The van der Waals surface area contributed by atoms with Crippen LogP contribution in [0.5, 0.6) is 0 Å². The van der Waals surface area contributed by atoms with Gasteiger partial charge in [0, 0.05) is 31.9 Å². The van der Waals surface area contributed by atoms with E-state index in [1.807, 2.05) is 68.3 Å².